The molecule has 0 aromatic heterocycles. The van der Waals surface area contributed by atoms with E-state index >= 15 is 0 Å². The van der Waals surface area contributed by atoms with Crippen LogP contribution in [0.3, 0.4) is 0 Å². The number of alkyl halides is 1. The largest absolute Gasteiger partial charge is 0.480 e. The fourth-order valence-corrected chi connectivity index (χ4v) is 3.80. The van der Waals surface area contributed by atoms with Crippen LogP contribution in [-0.2, 0) is 20.9 Å². The van der Waals surface area contributed by atoms with E-state index in [1.165, 1.54) is 0 Å². The number of benzene rings is 1. The number of carboxylic acids is 2. The van der Waals surface area contributed by atoms with Crippen LogP contribution in [-0.4, -0.2) is 39.5 Å². The number of fused-ring (bicyclic) bond motifs is 1. The van der Waals surface area contributed by atoms with E-state index in [4.69, 9.17) is 27.2 Å². The molecule has 0 saturated heterocycles. The predicted octanol–water partition coefficient (Wildman–Crippen LogP) is 1.45. The average molecular weight is 344 g/mol. The zero-order valence-corrected chi connectivity index (χ0v) is 12.7. The van der Waals surface area contributed by atoms with Gasteiger partial charge >= 0.3 is 11.9 Å². The third kappa shape index (κ3) is 2.14. The second-order valence-electron chi connectivity index (χ2n) is 6.02. The third-order valence-electron chi connectivity index (χ3n) is 4.90. The van der Waals surface area contributed by atoms with Crippen molar-refractivity contribution in [3.63, 3.8) is 0 Å². The maximum Gasteiger partial charge on any atom is 0.342 e. The van der Waals surface area contributed by atoms with Crippen LogP contribution in [0.2, 0.25) is 5.02 Å². The van der Waals surface area contributed by atoms with E-state index in [2.05, 4.69) is 0 Å². The second-order valence-corrected chi connectivity index (χ2v) is 6.43. The smallest absolute Gasteiger partial charge is 0.342 e. The van der Waals surface area contributed by atoms with Crippen LogP contribution < -0.4 is 5.73 Å². The van der Waals surface area contributed by atoms with E-state index in [1.807, 2.05) is 0 Å². The standard InChI is InChI=1S/C15H15ClFNO5/c16-9-4-2-1-3-7(9)6-23-10-5-8-11(14(8,17)12(19)20)15(10,18)13(21)22/h1-4,8,10-11H,5-6,18H2,(H,19,20)(H,21,22)/t8?,10?,11?,14-,15+/m1/s1. The van der Waals surface area contributed by atoms with Crippen LogP contribution in [0.25, 0.3) is 0 Å². The van der Waals surface area contributed by atoms with Crippen LogP contribution in [0.1, 0.15) is 12.0 Å². The lowest BCUT2D eigenvalue weighted by Gasteiger charge is -2.31. The summed E-state index contributed by atoms with van der Waals surface area (Å²) in [5, 5.41) is 18.9. The van der Waals surface area contributed by atoms with Gasteiger partial charge in [-0.05, 0) is 18.1 Å². The number of carboxylic acid groups (broad SMARTS) is 2. The Morgan fingerprint density at radius 1 is 1.35 bits per heavy atom. The van der Waals surface area contributed by atoms with Gasteiger partial charge in [0.2, 0.25) is 5.67 Å². The molecule has 0 radical (unpaired) electrons. The van der Waals surface area contributed by atoms with E-state index < -0.39 is 41.1 Å². The Morgan fingerprint density at radius 2 is 2.00 bits per heavy atom. The molecule has 4 N–H and O–H groups in total. The van der Waals surface area contributed by atoms with Gasteiger partial charge in [-0.1, -0.05) is 29.8 Å². The van der Waals surface area contributed by atoms with Crippen LogP contribution in [0, 0.1) is 11.8 Å². The van der Waals surface area contributed by atoms with Gasteiger partial charge in [-0.15, -0.1) is 0 Å². The number of hydrogen-bond donors (Lipinski definition) is 3. The topological polar surface area (TPSA) is 110 Å². The van der Waals surface area contributed by atoms with Crippen molar-refractivity contribution >= 4 is 23.5 Å². The second kappa shape index (κ2) is 5.15. The fraction of sp³-hybridized carbons (Fsp3) is 0.467. The van der Waals surface area contributed by atoms with Crippen molar-refractivity contribution in [2.24, 2.45) is 17.6 Å². The number of carbonyl (C=O) groups is 2. The Hall–Kier alpha value is -1.70. The van der Waals surface area contributed by atoms with E-state index in [0.29, 0.717) is 10.6 Å². The molecular weight excluding hydrogens is 329 g/mol. The first-order valence-corrected chi connectivity index (χ1v) is 7.41. The maximum absolute atomic E-state index is 14.4. The summed E-state index contributed by atoms with van der Waals surface area (Å²) >= 11 is 6.00. The summed E-state index contributed by atoms with van der Waals surface area (Å²) in [5.74, 6) is -5.37. The highest BCUT2D eigenvalue weighted by Crippen LogP contribution is 2.67. The normalized spacial score (nSPS) is 38.1. The number of hydrogen-bond acceptors (Lipinski definition) is 4. The van der Waals surface area contributed by atoms with Gasteiger partial charge in [-0.2, -0.15) is 0 Å². The first-order valence-electron chi connectivity index (χ1n) is 7.03. The summed E-state index contributed by atoms with van der Waals surface area (Å²) < 4.78 is 19.9. The first kappa shape index (κ1) is 16.2. The van der Waals surface area contributed by atoms with Crippen molar-refractivity contribution in [2.45, 2.75) is 30.3 Å². The molecule has 6 nitrogen and oxygen atoms in total. The molecule has 2 aliphatic rings. The van der Waals surface area contributed by atoms with E-state index in [0.717, 1.165) is 0 Å². The number of rotatable bonds is 5. The Labute approximate surface area is 136 Å². The summed E-state index contributed by atoms with van der Waals surface area (Å²) in [6.07, 6.45) is -1.03. The van der Waals surface area contributed by atoms with Crippen molar-refractivity contribution in [3.05, 3.63) is 34.9 Å². The summed E-state index contributed by atoms with van der Waals surface area (Å²) in [6, 6.07) is 6.87. The molecule has 3 rings (SSSR count). The molecule has 0 spiro atoms. The molecule has 3 unspecified atom stereocenters. The highest BCUT2D eigenvalue weighted by Gasteiger charge is 2.85. The van der Waals surface area contributed by atoms with Crippen LogP contribution in [0.15, 0.2) is 24.3 Å². The molecule has 0 aliphatic heterocycles. The van der Waals surface area contributed by atoms with Crippen molar-refractivity contribution in [1.29, 1.82) is 0 Å². The Bertz CT molecular complexity index is 686. The molecule has 23 heavy (non-hydrogen) atoms. The van der Waals surface area contributed by atoms with Gasteiger partial charge < -0.3 is 20.7 Å². The minimum atomic E-state index is -2.59. The van der Waals surface area contributed by atoms with Gasteiger partial charge in [0.15, 0.2) is 0 Å². The van der Waals surface area contributed by atoms with E-state index in [9.17, 15) is 19.1 Å². The van der Waals surface area contributed by atoms with Crippen molar-refractivity contribution < 1.29 is 28.9 Å². The molecule has 2 saturated carbocycles. The van der Waals surface area contributed by atoms with E-state index in [1.54, 1.807) is 24.3 Å². The zero-order chi connectivity index (χ0) is 17.0. The molecule has 2 fully saturated rings. The molecule has 0 bridgehead atoms. The molecule has 1 aromatic carbocycles. The molecule has 8 heteroatoms. The Morgan fingerprint density at radius 3 is 2.57 bits per heavy atom. The summed E-state index contributed by atoms with van der Waals surface area (Å²) in [4.78, 5) is 22.6. The molecule has 5 atom stereocenters. The average Bonchev–Trinajstić information content (AvgIpc) is 2.96. The summed E-state index contributed by atoms with van der Waals surface area (Å²) in [6.45, 7) is 0.0162. The molecule has 1 aromatic rings. The summed E-state index contributed by atoms with van der Waals surface area (Å²) in [5.41, 5.74) is 1.88. The summed E-state index contributed by atoms with van der Waals surface area (Å²) in [7, 11) is 0. The highest BCUT2D eigenvalue weighted by molar-refractivity contribution is 6.31. The molecular formula is C15H15ClFNO5. The minimum Gasteiger partial charge on any atom is -0.480 e. The quantitative estimate of drug-likeness (QED) is 0.746. The van der Waals surface area contributed by atoms with Gasteiger partial charge in [-0.3, -0.25) is 4.79 Å². The highest BCUT2D eigenvalue weighted by atomic mass is 35.5. The lowest BCUT2D eigenvalue weighted by Crippen LogP contribution is -2.60. The van der Waals surface area contributed by atoms with E-state index in [-0.39, 0.29) is 13.0 Å². The lowest BCUT2D eigenvalue weighted by molar-refractivity contribution is -0.156. The predicted molar refractivity (Wildman–Crippen MR) is 77.7 cm³/mol. The first-order chi connectivity index (χ1) is 10.7. The van der Waals surface area contributed by atoms with Crippen LogP contribution >= 0.6 is 11.6 Å². The molecule has 0 amide bonds. The number of ether oxygens (including phenoxy) is 1. The van der Waals surface area contributed by atoms with Crippen LogP contribution in [0.5, 0.6) is 0 Å². The monoisotopic (exact) mass is 343 g/mol. The van der Waals surface area contributed by atoms with Gasteiger partial charge in [0.1, 0.15) is 5.54 Å². The lowest BCUT2D eigenvalue weighted by atomic mass is 9.88. The van der Waals surface area contributed by atoms with Crippen molar-refractivity contribution in [3.8, 4) is 0 Å². The third-order valence-corrected chi connectivity index (χ3v) is 5.27. The molecule has 2 aliphatic carbocycles. The number of aliphatic carboxylic acids is 2. The van der Waals surface area contributed by atoms with Crippen molar-refractivity contribution in [1.82, 2.24) is 0 Å². The Kier molecular flexibility index (Phi) is 3.62. The van der Waals surface area contributed by atoms with Gasteiger partial charge in [0, 0.05) is 16.9 Å². The zero-order valence-electron chi connectivity index (χ0n) is 11.9. The maximum atomic E-state index is 14.4. The van der Waals surface area contributed by atoms with Gasteiger partial charge in [0.05, 0.1) is 12.7 Å². The number of nitrogens with two attached hydrogens (primary N) is 1. The molecule has 0 heterocycles. The fourth-order valence-electron chi connectivity index (χ4n) is 3.61. The van der Waals surface area contributed by atoms with Crippen LogP contribution in [0.4, 0.5) is 4.39 Å². The molecule has 124 valence electrons. The van der Waals surface area contributed by atoms with Gasteiger partial charge in [0.25, 0.3) is 0 Å². The SMILES string of the molecule is N[C@@]1(C(=O)O)C(OCc2ccccc2Cl)CC2C1[C@@]2(F)C(=O)O. The van der Waals surface area contributed by atoms with Gasteiger partial charge in [-0.25, -0.2) is 9.18 Å². The Balaban J connectivity index is 1.79. The number of halogens is 2. The van der Waals surface area contributed by atoms with Crippen molar-refractivity contribution in [2.75, 3.05) is 0 Å². The minimum absolute atomic E-state index is 0.0162.